The van der Waals surface area contributed by atoms with E-state index in [1.54, 1.807) is 0 Å². The predicted molar refractivity (Wildman–Crippen MR) is 87.2 cm³/mol. The fourth-order valence-electron chi connectivity index (χ4n) is 2.15. The molecule has 0 saturated heterocycles. The molecular weight excluding hydrogens is 266 g/mol. The van der Waals surface area contributed by atoms with Gasteiger partial charge in [0, 0.05) is 19.8 Å². The maximum atomic E-state index is 5.67. The van der Waals surface area contributed by atoms with E-state index in [1.165, 1.54) is 24.8 Å². The Morgan fingerprint density at radius 1 is 0.950 bits per heavy atom. The Labute approximate surface area is 125 Å². The van der Waals surface area contributed by atoms with Crippen molar-refractivity contribution in [2.24, 2.45) is 0 Å². The molecule has 0 atom stereocenters. The van der Waals surface area contributed by atoms with Crippen molar-refractivity contribution in [1.29, 1.82) is 0 Å². The minimum absolute atomic E-state index is 0.787. The normalized spacial score (nSPS) is 11.2. The SMILES string of the molecule is CCO[SiH](CCCCCNCc1ccccc1)OCC. The fourth-order valence-corrected chi connectivity index (χ4v) is 3.95. The van der Waals surface area contributed by atoms with Gasteiger partial charge in [0.25, 0.3) is 0 Å². The molecule has 0 fully saturated rings. The van der Waals surface area contributed by atoms with E-state index in [-0.39, 0.29) is 0 Å². The molecule has 0 aliphatic carbocycles. The summed E-state index contributed by atoms with van der Waals surface area (Å²) >= 11 is 0. The third-order valence-corrected chi connectivity index (χ3v) is 5.46. The van der Waals surface area contributed by atoms with Crippen LogP contribution >= 0.6 is 0 Å². The lowest BCUT2D eigenvalue weighted by Gasteiger charge is -2.14. The molecule has 0 bridgehead atoms. The summed E-state index contributed by atoms with van der Waals surface area (Å²) in [5.74, 6) is 0. The van der Waals surface area contributed by atoms with Gasteiger partial charge >= 0.3 is 9.28 Å². The molecule has 4 heteroatoms. The summed E-state index contributed by atoms with van der Waals surface area (Å²) in [4.78, 5) is 0. The number of hydrogen-bond acceptors (Lipinski definition) is 3. The maximum Gasteiger partial charge on any atom is 0.321 e. The van der Waals surface area contributed by atoms with Gasteiger partial charge in [0.1, 0.15) is 0 Å². The Morgan fingerprint density at radius 2 is 1.65 bits per heavy atom. The highest BCUT2D eigenvalue weighted by Crippen LogP contribution is 2.06. The van der Waals surface area contributed by atoms with Crippen molar-refractivity contribution >= 4 is 9.28 Å². The van der Waals surface area contributed by atoms with E-state index in [0.29, 0.717) is 0 Å². The van der Waals surface area contributed by atoms with E-state index < -0.39 is 9.28 Å². The summed E-state index contributed by atoms with van der Waals surface area (Å²) in [7, 11) is -1.36. The Morgan fingerprint density at radius 3 is 2.30 bits per heavy atom. The van der Waals surface area contributed by atoms with E-state index in [1.807, 2.05) is 13.8 Å². The molecule has 1 aromatic carbocycles. The zero-order chi connectivity index (χ0) is 14.5. The van der Waals surface area contributed by atoms with E-state index in [4.69, 9.17) is 8.85 Å². The third-order valence-electron chi connectivity index (χ3n) is 3.17. The molecule has 0 radical (unpaired) electrons. The highest BCUT2D eigenvalue weighted by molar-refractivity contribution is 6.44. The van der Waals surface area contributed by atoms with Crippen LogP contribution in [0.25, 0.3) is 0 Å². The third kappa shape index (κ3) is 8.48. The molecule has 114 valence electrons. The molecule has 0 saturated carbocycles. The molecule has 3 nitrogen and oxygen atoms in total. The molecule has 1 N–H and O–H groups in total. The van der Waals surface area contributed by atoms with Crippen LogP contribution < -0.4 is 5.32 Å². The van der Waals surface area contributed by atoms with Crippen molar-refractivity contribution in [2.45, 2.75) is 45.7 Å². The standard InChI is InChI=1S/C16H29NO2Si/c1-3-18-20(19-4-2)14-10-6-9-13-17-15-16-11-7-5-8-12-16/h5,7-8,11-12,17,20H,3-4,6,9-10,13-15H2,1-2H3. The highest BCUT2D eigenvalue weighted by Gasteiger charge is 2.10. The second kappa shape index (κ2) is 12.1. The predicted octanol–water partition coefficient (Wildman–Crippen LogP) is 3.24. The van der Waals surface area contributed by atoms with Gasteiger partial charge in [0.05, 0.1) is 0 Å². The molecule has 1 rings (SSSR count). The van der Waals surface area contributed by atoms with Crippen LogP contribution in [0.5, 0.6) is 0 Å². The van der Waals surface area contributed by atoms with Gasteiger partial charge < -0.3 is 14.2 Å². The molecule has 0 spiro atoms. The summed E-state index contributed by atoms with van der Waals surface area (Å²) in [5.41, 5.74) is 1.35. The average Bonchev–Trinajstić information content (AvgIpc) is 2.47. The molecule has 0 heterocycles. The molecule has 0 aliphatic heterocycles. The summed E-state index contributed by atoms with van der Waals surface area (Å²) in [6.07, 6.45) is 3.71. The van der Waals surface area contributed by atoms with Gasteiger partial charge in [-0.05, 0) is 38.4 Å². The fraction of sp³-hybridized carbons (Fsp3) is 0.625. The van der Waals surface area contributed by atoms with Crippen LogP contribution in [0.1, 0.15) is 38.7 Å². The Kier molecular flexibility index (Phi) is 10.5. The minimum atomic E-state index is -1.36. The Hall–Kier alpha value is -0.683. The van der Waals surface area contributed by atoms with Crippen LogP contribution in [0.2, 0.25) is 6.04 Å². The van der Waals surface area contributed by atoms with Crippen molar-refractivity contribution in [1.82, 2.24) is 5.32 Å². The van der Waals surface area contributed by atoms with E-state index >= 15 is 0 Å². The molecular formula is C16H29NO2Si. The topological polar surface area (TPSA) is 30.5 Å². The zero-order valence-electron chi connectivity index (χ0n) is 12.9. The van der Waals surface area contributed by atoms with E-state index in [9.17, 15) is 0 Å². The molecule has 0 unspecified atom stereocenters. The lowest BCUT2D eigenvalue weighted by Crippen LogP contribution is -2.22. The van der Waals surface area contributed by atoms with Crippen LogP contribution in [0.15, 0.2) is 30.3 Å². The molecule has 1 aromatic rings. The number of rotatable bonds is 12. The van der Waals surface area contributed by atoms with Crippen molar-refractivity contribution < 1.29 is 8.85 Å². The van der Waals surface area contributed by atoms with Gasteiger partial charge in [-0.1, -0.05) is 43.2 Å². The average molecular weight is 295 g/mol. The lowest BCUT2D eigenvalue weighted by atomic mass is 10.2. The quantitative estimate of drug-likeness (QED) is 0.474. The van der Waals surface area contributed by atoms with Gasteiger partial charge in [0.2, 0.25) is 0 Å². The van der Waals surface area contributed by atoms with Gasteiger partial charge in [-0.2, -0.15) is 0 Å². The highest BCUT2D eigenvalue weighted by atomic mass is 28.3. The van der Waals surface area contributed by atoms with Crippen molar-refractivity contribution in [3.8, 4) is 0 Å². The number of hydrogen-bond donors (Lipinski definition) is 1. The largest absolute Gasteiger partial charge is 0.397 e. The second-order valence-corrected chi connectivity index (χ2v) is 6.96. The molecule has 0 aromatic heterocycles. The first kappa shape index (κ1) is 17.4. The first-order chi connectivity index (χ1) is 9.86. The van der Waals surface area contributed by atoms with Gasteiger partial charge in [-0.3, -0.25) is 0 Å². The molecule has 0 amide bonds. The second-order valence-electron chi connectivity index (χ2n) is 4.85. The number of nitrogens with one attached hydrogen (secondary N) is 1. The van der Waals surface area contributed by atoms with Gasteiger partial charge in [-0.25, -0.2) is 0 Å². The van der Waals surface area contributed by atoms with Crippen LogP contribution in [-0.2, 0) is 15.4 Å². The van der Waals surface area contributed by atoms with Crippen LogP contribution in [0, 0.1) is 0 Å². The summed E-state index contributed by atoms with van der Waals surface area (Å²) in [6, 6.07) is 11.7. The summed E-state index contributed by atoms with van der Waals surface area (Å²) < 4.78 is 11.3. The van der Waals surface area contributed by atoms with E-state index in [2.05, 4.69) is 35.6 Å². The summed E-state index contributed by atoms with van der Waals surface area (Å²) in [5, 5.41) is 3.49. The van der Waals surface area contributed by atoms with Crippen LogP contribution in [0.4, 0.5) is 0 Å². The molecule has 0 aliphatic rings. The monoisotopic (exact) mass is 295 g/mol. The van der Waals surface area contributed by atoms with Gasteiger partial charge in [0.15, 0.2) is 0 Å². The van der Waals surface area contributed by atoms with Crippen LogP contribution in [-0.4, -0.2) is 29.0 Å². The number of benzene rings is 1. The first-order valence-corrected chi connectivity index (χ1v) is 9.60. The van der Waals surface area contributed by atoms with Crippen molar-refractivity contribution in [3.63, 3.8) is 0 Å². The van der Waals surface area contributed by atoms with Crippen LogP contribution in [0.3, 0.4) is 0 Å². The Balaban J connectivity index is 1.96. The summed E-state index contributed by atoms with van der Waals surface area (Å²) in [6.45, 7) is 7.73. The number of unbranched alkanes of at least 4 members (excludes halogenated alkanes) is 2. The zero-order valence-corrected chi connectivity index (χ0v) is 14.1. The first-order valence-electron chi connectivity index (χ1n) is 7.84. The van der Waals surface area contributed by atoms with Crippen molar-refractivity contribution in [3.05, 3.63) is 35.9 Å². The molecule has 20 heavy (non-hydrogen) atoms. The van der Waals surface area contributed by atoms with E-state index in [0.717, 1.165) is 32.3 Å². The maximum absolute atomic E-state index is 5.67. The smallest absolute Gasteiger partial charge is 0.321 e. The van der Waals surface area contributed by atoms with Crippen molar-refractivity contribution in [2.75, 3.05) is 19.8 Å². The minimum Gasteiger partial charge on any atom is -0.397 e. The Bertz CT molecular complexity index is 316. The van der Waals surface area contributed by atoms with Gasteiger partial charge in [-0.15, -0.1) is 0 Å². The lowest BCUT2D eigenvalue weighted by molar-refractivity contribution is 0.212.